The fourth-order valence-electron chi connectivity index (χ4n) is 3.08. The second kappa shape index (κ2) is 17.4. The third-order valence-corrected chi connectivity index (χ3v) is 9.00. The van der Waals surface area contributed by atoms with Crippen LogP contribution in [0.5, 0.6) is 23.0 Å². The van der Waals surface area contributed by atoms with Crippen LogP contribution in [0.25, 0.3) is 0 Å². The zero-order valence-corrected chi connectivity index (χ0v) is 29.6. The minimum atomic E-state index is -3.83. The minimum absolute atomic E-state index is 0.114. The molecule has 0 saturated heterocycles. The first-order valence-corrected chi connectivity index (χ1v) is 17.0. The summed E-state index contributed by atoms with van der Waals surface area (Å²) in [5, 5.41) is 0. The van der Waals surface area contributed by atoms with Crippen LogP contribution in [-0.2, 0) is 20.6 Å². The molecule has 0 aliphatic rings. The molecule has 2 aromatic rings. The van der Waals surface area contributed by atoms with Crippen molar-refractivity contribution in [2.75, 3.05) is 54.4 Å². The lowest BCUT2D eigenvalue weighted by atomic mass is 10.2. The SMILES string of the molecule is CCN(CC)C(=O)Oc1ccc(OS(=O)(=O)N(C)C)cc1Br.CCN(CC)C(=O)Oc1ccc(OS(=O)(=O)N(C)C)cc1C. The average Bonchev–Trinajstić information content (AvgIpc) is 2.93. The molecule has 0 radical (unpaired) electrons. The number of nitrogens with zero attached hydrogens (tertiary/aromatic N) is 4. The van der Waals surface area contributed by atoms with Gasteiger partial charge < -0.3 is 27.6 Å². The second-order valence-corrected chi connectivity index (χ2v) is 13.6. The Bertz CT molecular complexity index is 1370. The summed E-state index contributed by atoms with van der Waals surface area (Å²) in [6, 6.07) is 8.76. The molecule has 0 heterocycles. The van der Waals surface area contributed by atoms with Gasteiger partial charge in [0.15, 0.2) is 0 Å². The molecule has 0 fully saturated rings. The molecule has 0 unspecified atom stereocenters. The van der Waals surface area contributed by atoms with Crippen LogP contribution in [0.1, 0.15) is 33.3 Å². The maximum Gasteiger partial charge on any atom is 0.415 e. The van der Waals surface area contributed by atoms with E-state index in [0.717, 1.165) is 8.61 Å². The maximum atomic E-state index is 11.9. The molecule has 0 aromatic heterocycles. The van der Waals surface area contributed by atoms with Crippen LogP contribution in [0.4, 0.5) is 9.59 Å². The van der Waals surface area contributed by atoms with Gasteiger partial charge in [0.2, 0.25) is 0 Å². The molecular weight excluding hydrogens is 684 g/mol. The average molecular weight is 726 g/mol. The smallest absolute Gasteiger partial charge is 0.410 e. The fourth-order valence-corrected chi connectivity index (χ4v) is 4.51. The molecule has 0 N–H and O–H groups in total. The highest BCUT2D eigenvalue weighted by Gasteiger charge is 2.20. The Morgan fingerprint density at radius 2 is 1.02 bits per heavy atom. The zero-order chi connectivity index (χ0) is 33.8. The predicted molar refractivity (Wildman–Crippen MR) is 170 cm³/mol. The summed E-state index contributed by atoms with van der Waals surface area (Å²) < 4.78 is 69.3. The number of benzene rings is 2. The molecule has 248 valence electrons. The van der Waals surface area contributed by atoms with Crippen molar-refractivity contribution in [3.8, 4) is 23.0 Å². The Balaban J connectivity index is 0.000000440. The Hall–Kier alpha value is -3.12. The topological polar surface area (TPSA) is 152 Å². The first-order chi connectivity index (χ1) is 20.4. The van der Waals surface area contributed by atoms with Gasteiger partial charge in [0.1, 0.15) is 23.0 Å². The van der Waals surface area contributed by atoms with Gasteiger partial charge in [-0.25, -0.2) is 9.59 Å². The highest BCUT2D eigenvalue weighted by Crippen LogP contribution is 2.30. The van der Waals surface area contributed by atoms with Gasteiger partial charge in [0.25, 0.3) is 0 Å². The molecule has 0 spiro atoms. The molecule has 0 aliphatic heterocycles. The van der Waals surface area contributed by atoms with E-state index in [1.54, 1.807) is 11.8 Å². The van der Waals surface area contributed by atoms with Crippen molar-refractivity contribution in [2.45, 2.75) is 34.6 Å². The van der Waals surface area contributed by atoms with Gasteiger partial charge in [0, 0.05) is 54.4 Å². The van der Waals surface area contributed by atoms with Crippen LogP contribution in [0.2, 0.25) is 0 Å². The number of aryl methyl sites for hydroxylation is 1. The summed E-state index contributed by atoms with van der Waals surface area (Å²) in [6.07, 6.45) is -0.914. The van der Waals surface area contributed by atoms with Gasteiger partial charge in [-0.1, -0.05) is 0 Å². The number of carbonyl (C=O) groups excluding carboxylic acids is 2. The van der Waals surface area contributed by atoms with Gasteiger partial charge in [-0.3, -0.25) is 0 Å². The molecule has 0 aliphatic carbocycles. The molecule has 44 heavy (non-hydrogen) atoms. The van der Waals surface area contributed by atoms with Crippen LogP contribution in [0.15, 0.2) is 40.9 Å². The number of halogens is 1. The summed E-state index contributed by atoms with van der Waals surface area (Å²) in [6.45, 7) is 11.3. The van der Waals surface area contributed by atoms with Crippen LogP contribution in [0, 0.1) is 6.92 Å². The van der Waals surface area contributed by atoms with Gasteiger partial charge in [0.05, 0.1) is 4.47 Å². The van der Waals surface area contributed by atoms with Crippen molar-refractivity contribution in [3.63, 3.8) is 0 Å². The summed E-state index contributed by atoms with van der Waals surface area (Å²) in [7, 11) is -2.15. The minimum Gasteiger partial charge on any atom is -0.410 e. The summed E-state index contributed by atoms with van der Waals surface area (Å²) in [4.78, 5) is 26.8. The molecule has 14 nitrogen and oxygen atoms in total. The Labute approximate surface area is 269 Å². The Kier molecular flexibility index (Phi) is 15.4. The quantitative estimate of drug-likeness (QED) is 0.306. The highest BCUT2D eigenvalue weighted by atomic mass is 79.9. The van der Waals surface area contributed by atoms with Crippen LogP contribution in [0.3, 0.4) is 0 Å². The third-order valence-electron chi connectivity index (χ3n) is 5.79. The standard InChI is InChI=1S/C14H22N2O5S.C13H19BrN2O5S/c1-6-16(7-2)14(17)20-13-9-8-12(10-11(13)3)21-22(18,19)15(4)5;1-5-16(6-2)13(17)20-12-8-7-10(9-11(12)14)21-22(18,19)15(3)4/h8-10H,6-7H2,1-5H3;7-9H,5-6H2,1-4H3. The van der Waals surface area contributed by atoms with E-state index in [4.69, 9.17) is 17.8 Å². The number of hydrogen-bond acceptors (Lipinski definition) is 10. The van der Waals surface area contributed by atoms with E-state index in [2.05, 4.69) is 15.9 Å². The molecule has 0 saturated carbocycles. The van der Waals surface area contributed by atoms with Crippen molar-refractivity contribution < 1.29 is 44.3 Å². The number of ether oxygens (including phenoxy) is 2. The second-order valence-electron chi connectivity index (χ2n) is 9.25. The van der Waals surface area contributed by atoms with E-state index in [-0.39, 0.29) is 17.2 Å². The number of carbonyl (C=O) groups is 2. The van der Waals surface area contributed by atoms with Crippen molar-refractivity contribution >= 4 is 48.7 Å². The van der Waals surface area contributed by atoms with Gasteiger partial charge in [-0.05, 0) is 92.5 Å². The Morgan fingerprint density at radius 1 is 0.659 bits per heavy atom. The van der Waals surface area contributed by atoms with E-state index in [1.807, 2.05) is 27.7 Å². The predicted octanol–water partition coefficient (Wildman–Crippen LogP) is 4.50. The lowest BCUT2D eigenvalue weighted by molar-refractivity contribution is 0.156. The molecule has 17 heteroatoms. The van der Waals surface area contributed by atoms with Gasteiger partial charge in [-0.2, -0.15) is 25.4 Å². The van der Waals surface area contributed by atoms with E-state index in [0.29, 0.717) is 42.0 Å². The first kappa shape index (κ1) is 38.9. The van der Waals surface area contributed by atoms with Crippen LogP contribution < -0.4 is 17.8 Å². The van der Waals surface area contributed by atoms with Gasteiger partial charge in [-0.15, -0.1) is 0 Å². The largest absolute Gasteiger partial charge is 0.415 e. The highest BCUT2D eigenvalue weighted by molar-refractivity contribution is 9.10. The molecule has 2 rings (SSSR count). The van der Waals surface area contributed by atoms with E-state index in [9.17, 15) is 26.4 Å². The summed E-state index contributed by atoms with van der Waals surface area (Å²) >= 11 is 3.23. The molecule has 2 aromatic carbocycles. The lowest BCUT2D eigenvalue weighted by Gasteiger charge is -2.19. The Morgan fingerprint density at radius 3 is 1.36 bits per heavy atom. The van der Waals surface area contributed by atoms with Crippen LogP contribution in [-0.4, -0.2) is 102 Å². The van der Waals surface area contributed by atoms with Crippen molar-refractivity contribution in [1.29, 1.82) is 0 Å². The normalized spacial score (nSPS) is 11.4. The van der Waals surface area contributed by atoms with E-state index < -0.39 is 32.8 Å². The monoisotopic (exact) mass is 724 g/mol. The number of rotatable bonds is 12. The summed E-state index contributed by atoms with van der Waals surface area (Å²) in [5.41, 5.74) is 0.604. The van der Waals surface area contributed by atoms with Crippen molar-refractivity contribution in [2.24, 2.45) is 0 Å². The van der Waals surface area contributed by atoms with Crippen LogP contribution >= 0.6 is 15.9 Å². The number of amides is 2. The molecule has 0 atom stereocenters. The lowest BCUT2D eigenvalue weighted by Crippen LogP contribution is -2.33. The third kappa shape index (κ3) is 11.8. The maximum absolute atomic E-state index is 11.9. The van der Waals surface area contributed by atoms with Crippen molar-refractivity contribution in [3.05, 3.63) is 46.4 Å². The number of hydrogen-bond donors (Lipinski definition) is 0. The van der Waals surface area contributed by atoms with E-state index in [1.165, 1.54) is 69.5 Å². The van der Waals surface area contributed by atoms with Crippen molar-refractivity contribution in [1.82, 2.24) is 18.4 Å². The molecule has 0 bridgehead atoms. The van der Waals surface area contributed by atoms with E-state index >= 15 is 0 Å². The molecular formula is C27H41BrN4O10S2. The molecule has 2 amide bonds. The zero-order valence-electron chi connectivity index (χ0n) is 26.4. The van der Waals surface area contributed by atoms with Gasteiger partial charge >= 0.3 is 32.8 Å². The fraction of sp³-hybridized carbons (Fsp3) is 0.481. The first-order valence-electron chi connectivity index (χ1n) is 13.5. The summed E-state index contributed by atoms with van der Waals surface area (Å²) in [5.74, 6) is 0.926.